The predicted molar refractivity (Wildman–Crippen MR) is 109 cm³/mol. The summed E-state index contributed by atoms with van der Waals surface area (Å²) in [6.45, 7) is 3.92. The molecule has 4 rings (SSSR count). The molecule has 2 atom stereocenters. The van der Waals surface area contributed by atoms with Crippen LogP contribution < -0.4 is 15.5 Å². The van der Waals surface area contributed by atoms with Crippen molar-refractivity contribution < 1.29 is 9.53 Å². The van der Waals surface area contributed by atoms with Crippen LogP contribution in [0.15, 0.2) is 53.7 Å². The molecule has 7 nitrogen and oxygen atoms in total. The number of ether oxygens (including phenoxy) is 1. The lowest BCUT2D eigenvalue weighted by atomic mass is 10.0. The summed E-state index contributed by atoms with van der Waals surface area (Å²) in [5.74, 6) is 1.25. The molecule has 1 aliphatic rings. The summed E-state index contributed by atoms with van der Waals surface area (Å²) in [6.07, 6.45) is 0. The molecule has 0 unspecified atom stereocenters. The molecular formula is C20H21N5O2S. The fourth-order valence-corrected chi connectivity index (χ4v) is 4.26. The molecule has 1 amide bonds. The number of aryl methyl sites for hydroxylation is 2. The van der Waals surface area contributed by atoms with Gasteiger partial charge in [-0.25, -0.2) is 4.68 Å². The molecule has 0 spiro atoms. The first-order chi connectivity index (χ1) is 13.6. The second kappa shape index (κ2) is 7.55. The van der Waals surface area contributed by atoms with Crippen LogP contribution in [0.5, 0.6) is 5.75 Å². The molecule has 144 valence electrons. The third kappa shape index (κ3) is 3.43. The number of aromatic nitrogens is 3. The second-order valence-electron chi connectivity index (χ2n) is 6.61. The summed E-state index contributed by atoms with van der Waals surface area (Å²) in [5.41, 5.74) is 6.24. The van der Waals surface area contributed by atoms with E-state index in [2.05, 4.69) is 20.9 Å². The van der Waals surface area contributed by atoms with Gasteiger partial charge in [-0.15, -0.1) is 10.2 Å². The molecule has 2 aromatic carbocycles. The number of carbonyl (C=O) groups excluding carboxylic acids is 1. The Kier molecular flexibility index (Phi) is 4.95. The molecule has 1 aliphatic heterocycles. The number of nitrogens with one attached hydrogen (secondary N) is 2. The van der Waals surface area contributed by atoms with Crippen molar-refractivity contribution in [1.82, 2.24) is 14.9 Å². The fraction of sp³-hybridized carbons (Fsp3) is 0.250. The maximum absolute atomic E-state index is 13.2. The molecule has 0 saturated carbocycles. The van der Waals surface area contributed by atoms with Gasteiger partial charge in [-0.1, -0.05) is 53.7 Å². The highest BCUT2D eigenvalue weighted by Crippen LogP contribution is 2.38. The number of hydrogen-bond donors (Lipinski definition) is 2. The molecule has 1 aromatic heterocycles. The van der Waals surface area contributed by atoms with Crippen LogP contribution in [0.3, 0.4) is 0 Å². The van der Waals surface area contributed by atoms with Crippen molar-refractivity contribution in [3.8, 4) is 5.75 Å². The zero-order valence-electron chi connectivity index (χ0n) is 15.8. The Balaban J connectivity index is 1.67. The van der Waals surface area contributed by atoms with Gasteiger partial charge in [-0.05, 0) is 31.5 Å². The van der Waals surface area contributed by atoms with E-state index in [1.165, 1.54) is 17.3 Å². The molecule has 8 heteroatoms. The number of anilines is 1. The van der Waals surface area contributed by atoms with Crippen LogP contribution in [0.25, 0.3) is 0 Å². The molecule has 2 N–H and O–H groups in total. The SMILES string of the molecule is COc1ccccc1NC(=O)[C@H]1Sc2nnc(C)n2N[C@H]1c1ccc(C)cc1. The van der Waals surface area contributed by atoms with Crippen molar-refractivity contribution in [3.05, 3.63) is 65.5 Å². The third-order valence-electron chi connectivity index (χ3n) is 4.66. The van der Waals surface area contributed by atoms with Gasteiger partial charge >= 0.3 is 0 Å². The number of methoxy groups -OCH3 is 1. The van der Waals surface area contributed by atoms with Gasteiger partial charge in [-0.3, -0.25) is 4.79 Å². The lowest BCUT2D eigenvalue weighted by molar-refractivity contribution is -0.116. The summed E-state index contributed by atoms with van der Waals surface area (Å²) in [7, 11) is 1.59. The van der Waals surface area contributed by atoms with Crippen molar-refractivity contribution >= 4 is 23.4 Å². The molecule has 0 bridgehead atoms. The average Bonchev–Trinajstić information content (AvgIpc) is 3.08. The highest BCUT2D eigenvalue weighted by molar-refractivity contribution is 8.00. The first-order valence-corrected chi connectivity index (χ1v) is 9.80. The van der Waals surface area contributed by atoms with E-state index < -0.39 is 5.25 Å². The Labute approximate surface area is 167 Å². The largest absolute Gasteiger partial charge is 0.495 e. The second-order valence-corrected chi connectivity index (χ2v) is 7.72. The smallest absolute Gasteiger partial charge is 0.240 e. The lowest BCUT2D eigenvalue weighted by Gasteiger charge is -2.32. The minimum atomic E-state index is -0.427. The third-order valence-corrected chi connectivity index (χ3v) is 5.87. The molecule has 2 heterocycles. The monoisotopic (exact) mass is 395 g/mol. The highest BCUT2D eigenvalue weighted by atomic mass is 32.2. The Morgan fingerprint density at radius 1 is 1.14 bits per heavy atom. The van der Waals surface area contributed by atoms with Crippen LogP contribution in [0.1, 0.15) is 23.0 Å². The van der Waals surface area contributed by atoms with E-state index >= 15 is 0 Å². The Bertz CT molecular complexity index is 1000. The zero-order valence-corrected chi connectivity index (χ0v) is 16.7. The standard InChI is InChI=1S/C20H21N5O2S/c1-12-8-10-14(11-9-12)17-18(28-20-23-22-13(2)25(20)24-17)19(26)21-15-6-4-5-7-16(15)27-3/h4-11,17-18,24H,1-3H3,(H,21,26)/t17-,18-/m0/s1. The van der Waals surface area contributed by atoms with Crippen molar-refractivity contribution in [2.45, 2.75) is 30.3 Å². The van der Waals surface area contributed by atoms with Gasteiger partial charge in [0.25, 0.3) is 0 Å². The van der Waals surface area contributed by atoms with Crippen LogP contribution in [-0.4, -0.2) is 33.1 Å². The Hall–Kier alpha value is -3.00. The average molecular weight is 395 g/mol. The highest BCUT2D eigenvalue weighted by Gasteiger charge is 2.37. The van der Waals surface area contributed by atoms with E-state index in [4.69, 9.17) is 4.74 Å². The van der Waals surface area contributed by atoms with Gasteiger partial charge < -0.3 is 15.5 Å². The summed E-state index contributed by atoms with van der Waals surface area (Å²) in [4.78, 5) is 13.2. The van der Waals surface area contributed by atoms with Crippen molar-refractivity contribution in [3.63, 3.8) is 0 Å². The molecule has 0 fully saturated rings. The van der Waals surface area contributed by atoms with E-state index in [1.54, 1.807) is 7.11 Å². The van der Waals surface area contributed by atoms with Gasteiger partial charge in [-0.2, -0.15) is 0 Å². The van der Waals surface area contributed by atoms with Crippen LogP contribution in [0.4, 0.5) is 5.69 Å². The van der Waals surface area contributed by atoms with E-state index in [0.717, 1.165) is 11.4 Å². The van der Waals surface area contributed by atoms with Gasteiger partial charge in [0.05, 0.1) is 18.8 Å². The molecule has 0 saturated heterocycles. The number of nitrogens with zero attached hydrogens (tertiary/aromatic N) is 3. The number of fused-ring (bicyclic) bond motifs is 1. The summed E-state index contributed by atoms with van der Waals surface area (Å²) >= 11 is 1.40. The fourth-order valence-electron chi connectivity index (χ4n) is 3.14. The van der Waals surface area contributed by atoms with E-state index in [-0.39, 0.29) is 11.9 Å². The van der Waals surface area contributed by atoms with E-state index in [1.807, 2.05) is 67.1 Å². The topological polar surface area (TPSA) is 81.1 Å². The van der Waals surface area contributed by atoms with Crippen LogP contribution in [0, 0.1) is 13.8 Å². The molecule has 28 heavy (non-hydrogen) atoms. The van der Waals surface area contributed by atoms with E-state index in [9.17, 15) is 4.79 Å². The number of thioether (sulfide) groups is 1. The minimum Gasteiger partial charge on any atom is -0.495 e. The summed E-state index contributed by atoms with van der Waals surface area (Å²) in [6, 6.07) is 15.3. The Morgan fingerprint density at radius 3 is 2.64 bits per heavy atom. The van der Waals surface area contributed by atoms with Crippen molar-refractivity contribution in [2.24, 2.45) is 0 Å². The number of amides is 1. The molecular weight excluding hydrogens is 374 g/mol. The Morgan fingerprint density at radius 2 is 1.89 bits per heavy atom. The maximum Gasteiger partial charge on any atom is 0.240 e. The normalized spacial score (nSPS) is 18.1. The number of rotatable bonds is 4. The molecule has 0 radical (unpaired) electrons. The zero-order chi connectivity index (χ0) is 19.7. The quantitative estimate of drug-likeness (QED) is 0.706. The predicted octanol–water partition coefficient (Wildman–Crippen LogP) is 3.30. The molecule has 0 aliphatic carbocycles. The van der Waals surface area contributed by atoms with Crippen LogP contribution >= 0.6 is 11.8 Å². The summed E-state index contributed by atoms with van der Waals surface area (Å²) in [5, 5.41) is 11.5. The lowest BCUT2D eigenvalue weighted by Crippen LogP contribution is -2.41. The summed E-state index contributed by atoms with van der Waals surface area (Å²) < 4.78 is 7.19. The number of benzene rings is 2. The minimum absolute atomic E-state index is 0.125. The van der Waals surface area contributed by atoms with Gasteiger partial charge in [0.15, 0.2) is 0 Å². The van der Waals surface area contributed by atoms with Crippen LogP contribution in [0.2, 0.25) is 0 Å². The van der Waals surface area contributed by atoms with E-state index in [0.29, 0.717) is 16.6 Å². The number of carbonyl (C=O) groups is 1. The van der Waals surface area contributed by atoms with Crippen molar-refractivity contribution in [1.29, 1.82) is 0 Å². The first kappa shape index (κ1) is 18.4. The maximum atomic E-state index is 13.2. The number of hydrogen-bond acceptors (Lipinski definition) is 6. The number of para-hydroxylation sites is 2. The van der Waals surface area contributed by atoms with Gasteiger partial charge in [0.1, 0.15) is 16.8 Å². The van der Waals surface area contributed by atoms with Gasteiger partial charge in [0.2, 0.25) is 11.1 Å². The molecule has 3 aromatic rings. The van der Waals surface area contributed by atoms with Gasteiger partial charge in [0, 0.05) is 0 Å². The van der Waals surface area contributed by atoms with Crippen molar-refractivity contribution in [2.75, 3.05) is 17.9 Å². The van der Waals surface area contributed by atoms with Crippen LogP contribution in [-0.2, 0) is 4.79 Å². The first-order valence-electron chi connectivity index (χ1n) is 8.92.